The second-order valence-electron chi connectivity index (χ2n) is 11.6. The summed E-state index contributed by atoms with van der Waals surface area (Å²) >= 11 is 0. The molecule has 0 aromatic heterocycles. The summed E-state index contributed by atoms with van der Waals surface area (Å²) in [6.07, 6.45) is 0. The summed E-state index contributed by atoms with van der Waals surface area (Å²) in [5.41, 5.74) is 4.52. The number of phenols is 1. The zero-order valence-electron chi connectivity index (χ0n) is 24.7. The number of benzene rings is 5. The number of aromatic hydroxyl groups is 1. The van der Waals surface area contributed by atoms with Gasteiger partial charge in [-0.3, -0.25) is 0 Å². The van der Waals surface area contributed by atoms with Crippen LogP contribution in [0.15, 0.2) is 127 Å². The smallest absolute Gasteiger partial charge is 0.343 e. The highest BCUT2D eigenvalue weighted by molar-refractivity contribution is 5.91. The van der Waals surface area contributed by atoms with Crippen molar-refractivity contribution in [3.8, 4) is 17.2 Å². The first-order valence-electron chi connectivity index (χ1n) is 14.1. The predicted octanol–water partition coefficient (Wildman–Crippen LogP) is 8.48. The second-order valence-corrected chi connectivity index (χ2v) is 11.6. The lowest BCUT2D eigenvalue weighted by Crippen LogP contribution is -2.19. The van der Waals surface area contributed by atoms with E-state index in [1.165, 1.54) is 0 Å². The molecule has 0 saturated carbocycles. The Balaban J connectivity index is 1.22. The van der Waals surface area contributed by atoms with Crippen LogP contribution in [0.25, 0.3) is 0 Å². The number of carbonyl (C=O) groups is 2. The topological polar surface area (TPSA) is 72.8 Å². The van der Waals surface area contributed by atoms with Gasteiger partial charge >= 0.3 is 11.9 Å². The van der Waals surface area contributed by atoms with Crippen molar-refractivity contribution in [2.75, 3.05) is 0 Å². The van der Waals surface area contributed by atoms with Crippen LogP contribution in [-0.2, 0) is 10.8 Å². The van der Waals surface area contributed by atoms with Gasteiger partial charge in [-0.05, 0) is 82.9 Å². The van der Waals surface area contributed by atoms with E-state index in [0.717, 1.165) is 22.3 Å². The molecule has 5 aromatic rings. The number of phenolic OH excluding ortho intramolecular Hbond substituents is 1. The van der Waals surface area contributed by atoms with Crippen molar-refractivity contribution in [1.82, 2.24) is 0 Å². The third kappa shape index (κ3) is 6.52. The first kappa shape index (κ1) is 29.3. The standard InChI is InChI=1S/C38H34O5/c1-37(2,29-14-20-32(39)21-15-29)28-12-10-27(11-13-28)36(41)43-34-24-18-31(19-25-34)38(3,4)30-16-22-33(23-17-30)42-35(40)26-8-6-5-7-9-26/h5-25,39H,1-4H3. The average molecular weight is 571 g/mol. The molecule has 0 atom stereocenters. The van der Waals surface area contributed by atoms with Crippen LogP contribution < -0.4 is 9.47 Å². The summed E-state index contributed by atoms with van der Waals surface area (Å²) in [7, 11) is 0. The van der Waals surface area contributed by atoms with Crippen molar-refractivity contribution in [3.05, 3.63) is 161 Å². The van der Waals surface area contributed by atoms with Crippen LogP contribution in [0, 0.1) is 0 Å². The van der Waals surface area contributed by atoms with Gasteiger partial charge < -0.3 is 14.6 Å². The van der Waals surface area contributed by atoms with Crippen molar-refractivity contribution < 1.29 is 24.2 Å². The fourth-order valence-corrected chi connectivity index (χ4v) is 5.02. The van der Waals surface area contributed by atoms with Gasteiger partial charge in [-0.1, -0.05) is 94.4 Å². The molecule has 0 heterocycles. The molecule has 1 N–H and O–H groups in total. The molecule has 0 bridgehead atoms. The van der Waals surface area contributed by atoms with Gasteiger partial charge in [0.1, 0.15) is 17.2 Å². The summed E-state index contributed by atoms with van der Waals surface area (Å²) in [6, 6.07) is 38.5. The largest absolute Gasteiger partial charge is 0.508 e. The molecule has 0 fully saturated rings. The van der Waals surface area contributed by atoms with E-state index in [2.05, 4.69) is 27.7 Å². The molecule has 0 radical (unpaired) electrons. The third-order valence-corrected chi connectivity index (χ3v) is 8.01. The van der Waals surface area contributed by atoms with E-state index in [4.69, 9.17) is 9.47 Å². The van der Waals surface area contributed by atoms with E-state index >= 15 is 0 Å². The molecule has 5 aromatic carbocycles. The van der Waals surface area contributed by atoms with Gasteiger partial charge in [-0.2, -0.15) is 0 Å². The molecule has 0 spiro atoms. The summed E-state index contributed by atoms with van der Waals surface area (Å²) in [6.45, 7) is 8.43. The molecule has 0 saturated heterocycles. The molecular weight excluding hydrogens is 536 g/mol. The third-order valence-electron chi connectivity index (χ3n) is 8.01. The fourth-order valence-electron chi connectivity index (χ4n) is 5.02. The minimum atomic E-state index is -0.429. The van der Waals surface area contributed by atoms with Crippen molar-refractivity contribution in [2.45, 2.75) is 38.5 Å². The maximum absolute atomic E-state index is 12.9. The summed E-state index contributed by atoms with van der Waals surface area (Å²) in [4.78, 5) is 25.3. The molecule has 0 aliphatic heterocycles. The van der Waals surface area contributed by atoms with Gasteiger partial charge in [0.05, 0.1) is 11.1 Å². The lowest BCUT2D eigenvalue weighted by molar-refractivity contribution is 0.0725. The van der Waals surface area contributed by atoms with Gasteiger partial charge in [0.15, 0.2) is 0 Å². The molecule has 43 heavy (non-hydrogen) atoms. The second kappa shape index (κ2) is 12.0. The van der Waals surface area contributed by atoms with Gasteiger partial charge in [-0.25, -0.2) is 9.59 Å². The van der Waals surface area contributed by atoms with Crippen molar-refractivity contribution in [2.24, 2.45) is 0 Å². The minimum Gasteiger partial charge on any atom is -0.508 e. The summed E-state index contributed by atoms with van der Waals surface area (Å²) < 4.78 is 11.2. The van der Waals surface area contributed by atoms with Crippen LogP contribution in [-0.4, -0.2) is 17.0 Å². The van der Waals surface area contributed by atoms with E-state index in [1.807, 2.05) is 54.6 Å². The van der Waals surface area contributed by atoms with E-state index in [0.29, 0.717) is 22.6 Å². The van der Waals surface area contributed by atoms with Crippen LogP contribution in [0.1, 0.15) is 70.7 Å². The molecule has 216 valence electrons. The molecular formula is C38H34O5. The van der Waals surface area contributed by atoms with E-state index in [9.17, 15) is 14.7 Å². The number of ether oxygens (including phenoxy) is 2. The van der Waals surface area contributed by atoms with Gasteiger partial charge in [0, 0.05) is 10.8 Å². The highest BCUT2D eigenvalue weighted by atomic mass is 16.5. The fraction of sp³-hybridized carbons (Fsp3) is 0.158. The van der Waals surface area contributed by atoms with E-state index < -0.39 is 11.9 Å². The van der Waals surface area contributed by atoms with Crippen LogP contribution >= 0.6 is 0 Å². The Bertz CT molecular complexity index is 1700. The molecule has 0 aliphatic rings. The predicted molar refractivity (Wildman–Crippen MR) is 168 cm³/mol. The normalized spacial score (nSPS) is 11.5. The highest BCUT2D eigenvalue weighted by Gasteiger charge is 2.25. The lowest BCUT2D eigenvalue weighted by Gasteiger charge is -2.26. The van der Waals surface area contributed by atoms with Crippen molar-refractivity contribution in [1.29, 1.82) is 0 Å². The zero-order valence-corrected chi connectivity index (χ0v) is 24.7. The number of hydrogen-bond donors (Lipinski definition) is 1. The summed E-state index contributed by atoms with van der Waals surface area (Å²) in [5.74, 6) is 0.342. The molecule has 5 rings (SSSR count). The molecule has 0 aliphatic carbocycles. The van der Waals surface area contributed by atoms with Gasteiger partial charge in [0.2, 0.25) is 0 Å². The maximum atomic E-state index is 12.9. The van der Waals surface area contributed by atoms with Crippen LogP contribution in [0.4, 0.5) is 0 Å². The Morgan fingerprint density at radius 2 is 0.791 bits per heavy atom. The Kier molecular flexibility index (Phi) is 8.18. The molecule has 5 nitrogen and oxygen atoms in total. The lowest BCUT2D eigenvalue weighted by atomic mass is 9.78. The Labute approximate surface area is 252 Å². The summed E-state index contributed by atoms with van der Waals surface area (Å²) in [5, 5.41) is 9.62. The zero-order chi connectivity index (χ0) is 30.6. The monoisotopic (exact) mass is 570 g/mol. The van der Waals surface area contributed by atoms with Crippen molar-refractivity contribution >= 4 is 11.9 Å². The van der Waals surface area contributed by atoms with Crippen LogP contribution in [0.3, 0.4) is 0 Å². The van der Waals surface area contributed by atoms with E-state index in [-0.39, 0.29) is 16.6 Å². The van der Waals surface area contributed by atoms with E-state index in [1.54, 1.807) is 72.8 Å². The number of rotatable bonds is 8. The minimum absolute atomic E-state index is 0.229. The maximum Gasteiger partial charge on any atom is 0.343 e. The number of esters is 2. The highest BCUT2D eigenvalue weighted by Crippen LogP contribution is 2.34. The quantitative estimate of drug-likeness (QED) is 0.150. The first-order chi connectivity index (χ1) is 20.5. The number of hydrogen-bond acceptors (Lipinski definition) is 5. The average Bonchev–Trinajstić information content (AvgIpc) is 3.02. The first-order valence-corrected chi connectivity index (χ1v) is 14.1. The SMILES string of the molecule is CC(C)(c1ccc(OC(=O)c2ccccc2)cc1)c1ccc(OC(=O)c2ccc(C(C)(C)c3ccc(O)cc3)cc2)cc1. The van der Waals surface area contributed by atoms with Gasteiger partial charge in [-0.15, -0.1) is 0 Å². The number of carbonyl (C=O) groups excluding carboxylic acids is 2. The Morgan fingerprint density at radius 3 is 1.19 bits per heavy atom. The van der Waals surface area contributed by atoms with Crippen LogP contribution in [0.5, 0.6) is 17.2 Å². The molecule has 5 heteroatoms. The van der Waals surface area contributed by atoms with Crippen molar-refractivity contribution in [3.63, 3.8) is 0 Å². The Hall–Kier alpha value is -5.16. The van der Waals surface area contributed by atoms with Gasteiger partial charge in [0.25, 0.3) is 0 Å². The van der Waals surface area contributed by atoms with Crippen LogP contribution in [0.2, 0.25) is 0 Å². The molecule has 0 unspecified atom stereocenters. The Morgan fingerprint density at radius 1 is 0.465 bits per heavy atom. The molecule has 0 amide bonds.